The topological polar surface area (TPSA) is 32.3 Å². The van der Waals surface area contributed by atoms with Gasteiger partial charge in [0, 0.05) is 23.8 Å². The SMILES string of the molecule is Cc1ccc(N(CCCl)C(=O)Nc2ccc(Cl)c(Cl)c2)cc1. The highest BCUT2D eigenvalue weighted by Crippen LogP contribution is 2.25. The van der Waals surface area contributed by atoms with E-state index in [1.54, 1.807) is 23.1 Å². The minimum atomic E-state index is -0.275. The van der Waals surface area contributed by atoms with E-state index in [1.165, 1.54) is 0 Å². The number of alkyl halides is 1. The maximum atomic E-state index is 12.5. The van der Waals surface area contributed by atoms with Crippen molar-refractivity contribution in [2.75, 3.05) is 22.6 Å². The summed E-state index contributed by atoms with van der Waals surface area (Å²) in [4.78, 5) is 14.0. The number of halogens is 3. The Bertz CT molecular complexity index is 659. The van der Waals surface area contributed by atoms with Crippen LogP contribution >= 0.6 is 34.8 Å². The molecule has 2 amide bonds. The molecule has 3 nitrogen and oxygen atoms in total. The maximum absolute atomic E-state index is 12.5. The second-order valence-corrected chi connectivity index (χ2v) is 5.93. The lowest BCUT2D eigenvalue weighted by Gasteiger charge is -2.22. The highest BCUT2D eigenvalue weighted by atomic mass is 35.5. The molecule has 2 rings (SSSR count). The van der Waals surface area contributed by atoms with E-state index in [0.717, 1.165) is 11.3 Å². The van der Waals surface area contributed by atoms with Gasteiger partial charge in [-0.1, -0.05) is 40.9 Å². The molecule has 0 aromatic heterocycles. The van der Waals surface area contributed by atoms with Crippen molar-refractivity contribution < 1.29 is 4.79 Å². The average molecular weight is 358 g/mol. The average Bonchev–Trinajstić information content (AvgIpc) is 2.49. The molecule has 0 bridgehead atoms. The lowest BCUT2D eigenvalue weighted by Crippen LogP contribution is -2.36. The third-order valence-electron chi connectivity index (χ3n) is 3.07. The zero-order valence-corrected chi connectivity index (χ0v) is 14.2. The predicted molar refractivity (Wildman–Crippen MR) is 94.7 cm³/mol. The maximum Gasteiger partial charge on any atom is 0.326 e. The molecule has 6 heteroatoms. The van der Waals surface area contributed by atoms with Crippen molar-refractivity contribution in [1.82, 2.24) is 0 Å². The van der Waals surface area contributed by atoms with Crippen molar-refractivity contribution >= 4 is 52.2 Å². The van der Waals surface area contributed by atoms with E-state index in [1.807, 2.05) is 31.2 Å². The Labute approximate surface area is 144 Å². The van der Waals surface area contributed by atoms with E-state index in [4.69, 9.17) is 34.8 Å². The van der Waals surface area contributed by atoms with Gasteiger partial charge in [0.25, 0.3) is 0 Å². The van der Waals surface area contributed by atoms with Crippen LogP contribution in [0.2, 0.25) is 10.0 Å². The predicted octanol–water partition coefficient (Wildman–Crippen LogP) is 5.58. The minimum absolute atomic E-state index is 0.275. The van der Waals surface area contributed by atoms with Gasteiger partial charge in [0.05, 0.1) is 10.0 Å². The van der Waals surface area contributed by atoms with Gasteiger partial charge in [-0.05, 0) is 37.3 Å². The zero-order valence-electron chi connectivity index (χ0n) is 11.9. The summed E-state index contributed by atoms with van der Waals surface area (Å²) < 4.78 is 0. The van der Waals surface area contributed by atoms with Crippen LogP contribution in [0.1, 0.15) is 5.56 Å². The zero-order chi connectivity index (χ0) is 16.1. The highest BCUT2D eigenvalue weighted by Gasteiger charge is 2.15. The Kier molecular flexibility index (Phi) is 5.95. The summed E-state index contributed by atoms with van der Waals surface area (Å²) >= 11 is 17.6. The summed E-state index contributed by atoms with van der Waals surface area (Å²) in [6.07, 6.45) is 0. The molecule has 0 saturated heterocycles. The second kappa shape index (κ2) is 7.73. The Hall–Kier alpha value is -1.42. The van der Waals surface area contributed by atoms with Crippen LogP contribution in [0.15, 0.2) is 42.5 Å². The molecule has 0 fully saturated rings. The van der Waals surface area contributed by atoms with Crippen LogP contribution in [0, 0.1) is 6.92 Å². The number of urea groups is 1. The fourth-order valence-corrected chi connectivity index (χ4v) is 2.39. The van der Waals surface area contributed by atoms with Gasteiger partial charge in [-0.3, -0.25) is 4.90 Å². The minimum Gasteiger partial charge on any atom is -0.307 e. The van der Waals surface area contributed by atoms with E-state index in [0.29, 0.717) is 28.2 Å². The lowest BCUT2D eigenvalue weighted by atomic mass is 10.2. The molecule has 0 radical (unpaired) electrons. The Morgan fingerprint density at radius 3 is 2.36 bits per heavy atom. The van der Waals surface area contributed by atoms with Crippen LogP contribution in [-0.2, 0) is 0 Å². The number of hydrogen-bond acceptors (Lipinski definition) is 1. The number of amides is 2. The van der Waals surface area contributed by atoms with Gasteiger partial charge in [-0.15, -0.1) is 11.6 Å². The van der Waals surface area contributed by atoms with Gasteiger partial charge in [0.15, 0.2) is 0 Å². The van der Waals surface area contributed by atoms with Crippen molar-refractivity contribution in [2.24, 2.45) is 0 Å². The van der Waals surface area contributed by atoms with Crippen LogP contribution < -0.4 is 10.2 Å². The fourth-order valence-electron chi connectivity index (χ4n) is 1.92. The van der Waals surface area contributed by atoms with Crippen LogP contribution in [0.5, 0.6) is 0 Å². The molecule has 0 atom stereocenters. The molecular formula is C16H15Cl3N2O. The van der Waals surface area contributed by atoms with Crippen LogP contribution in [0.3, 0.4) is 0 Å². The summed E-state index contributed by atoms with van der Waals surface area (Å²) in [5, 5.41) is 3.62. The number of carbonyl (C=O) groups is 1. The normalized spacial score (nSPS) is 10.4. The lowest BCUT2D eigenvalue weighted by molar-refractivity contribution is 0.257. The van der Waals surface area contributed by atoms with Gasteiger partial charge in [0.1, 0.15) is 0 Å². The van der Waals surface area contributed by atoms with E-state index < -0.39 is 0 Å². The first-order chi connectivity index (χ1) is 10.5. The van der Waals surface area contributed by atoms with Crippen molar-refractivity contribution in [1.29, 1.82) is 0 Å². The first-order valence-corrected chi connectivity index (χ1v) is 7.96. The largest absolute Gasteiger partial charge is 0.326 e. The molecule has 22 heavy (non-hydrogen) atoms. The monoisotopic (exact) mass is 356 g/mol. The van der Waals surface area contributed by atoms with Crippen LogP contribution in [0.4, 0.5) is 16.2 Å². The Balaban J connectivity index is 2.18. The van der Waals surface area contributed by atoms with Gasteiger partial charge in [-0.2, -0.15) is 0 Å². The summed E-state index contributed by atoms with van der Waals surface area (Å²) in [5.74, 6) is 0.336. The molecule has 0 unspecified atom stereocenters. The second-order valence-electron chi connectivity index (χ2n) is 4.74. The number of aryl methyl sites for hydroxylation is 1. The van der Waals surface area contributed by atoms with Gasteiger partial charge < -0.3 is 5.32 Å². The van der Waals surface area contributed by atoms with E-state index in [-0.39, 0.29) is 6.03 Å². The molecule has 0 heterocycles. The summed E-state index contributed by atoms with van der Waals surface area (Å²) in [6, 6.07) is 12.3. The number of benzene rings is 2. The molecular weight excluding hydrogens is 343 g/mol. The molecule has 0 spiro atoms. The fraction of sp³-hybridized carbons (Fsp3) is 0.188. The highest BCUT2D eigenvalue weighted by molar-refractivity contribution is 6.42. The standard InChI is InChI=1S/C16H15Cl3N2O/c1-11-2-5-13(6-3-11)21(9-8-17)16(22)20-12-4-7-14(18)15(19)10-12/h2-7,10H,8-9H2,1H3,(H,20,22). The van der Waals surface area contributed by atoms with Crippen molar-refractivity contribution in [3.05, 3.63) is 58.1 Å². The molecule has 0 aliphatic rings. The molecule has 0 aliphatic heterocycles. The Morgan fingerprint density at radius 1 is 1.09 bits per heavy atom. The van der Waals surface area contributed by atoms with E-state index in [2.05, 4.69) is 5.32 Å². The molecule has 0 aliphatic carbocycles. The van der Waals surface area contributed by atoms with Gasteiger partial charge >= 0.3 is 6.03 Å². The van der Waals surface area contributed by atoms with Crippen LogP contribution in [-0.4, -0.2) is 18.5 Å². The summed E-state index contributed by atoms with van der Waals surface area (Å²) in [6.45, 7) is 2.39. The first-order valence-electron chi connectivity index (χ1n) is 6.67. The molecule has 116 valence electrons. The summed E-state index contributed by atoms with van der Waals surface area (Å²) in [5.41, 5.74) is 2.48. The van der Waals surface area contributed by atoms with E-state index in [9.17, 15) is 4.79 Å². The van der Waals surface area contributed by atoms with Gasteiger partial charge in [-0.25, -0.2) is 4.79 Å². The number of carbonyl (C=O) groups excluding carboxylic acids is 1. The molecule has 2 aromatic carbocycles. The quantitative estimate of drug-likeness (QED) is 0.712. The van der Waals surface area contributed by atoms with Crippen LogP contribution in [0.25, 0.3) is 0 Å². The van der Waals surface area contributed by atoms with Crippen molar-refractivity contribution in [2.45, 2.75) is 6.92 Å². The number of rotatable bonds is 4. The van der Waals surface area contributed by atoms with Gasteiger partial charge in [0.2, 0.25) is 0 Å². The summed E-state index contributed by atoms with van der Waals surface area (Å²) in [7, 11) is 0. The van der Waals surface area contributed by atoms with E-state index >= 15 is 0 Å². The third kappa shape index (κ3) is 4.29. The number of nitrogens with zero attached hydrogens (tertiary/aromatic N) is 1. The number of anilines is 2. The first kappa shape index (κ1) is 16.9. The number of hydrogen-bond donors (Lipinski definition) is 1. The molecule has 1 N–H and O–H groups in total. The smallest absolute Gasteiger partial charge is 0.307 e. The Morgan fingerprint density at radius 2 is 1.77 bits per heavy atom. The number of nitrogens with one attached hydrogen (secondary N) is 1. The van der Waals surface area contributed by atoms with Crippen molar-refractivity contribution in [3.8, 4) is 0 Å². The molecule has 0 saturated carbocycles. The molecule has 2 aromatic rings. The third-order valence-corrected chi connectivity index (χ3v) is 3.98. The van der Waals surface area contributed by atoms with Crippen molar-refractivity contribution in [3.63, 3.8) is 0 Å².